The molecule has 9 heteroatoms. The molecule has 1 aliphatic rings. The third kappa shape index (κ3) is 5.19. The van der Waals surface area contributed by atoms with Gasteiger partial charge in [-0.05, 0) is 48.6 Å². The van der Waals surface area contributed by atoms with Crippen molar-refractivity contribution < 1.29 is 22.6 Å². The van der Waals surface area contributed by atoms with Crippen LogP contribution in [0.2, 0.25) is 0 Å². The number of halogens is 3. The Morgan fingerprint density at radius 2 is 1.64 bits per heavy atom. The topological polar surface area (TPSA) is 37.0 Å². The maximum atomic E-state index is 12.2. The molecule has 1 saturated heterocycles. The summed E-state index contributed by atoms with van der Waals surface area (Å²) in [6.07, 6.45) is -4.70. The summed E-state index contributed by atoms with van der Waals surface area (Å²) in [5.41, 5.74) is 1.65. The van der Waals surface area contributed by atoms with Crippen LogP contribution in [0.15, 0.2) is 48.5 Å². The van der Waals surface area contributed by atoms with Crippen molar-refractivity contribution in [2.24, 2.45) is 0 Å². The number of hydrogen-bond donors (Lipinski definition) is 1. The molecule has 0 saturated carbocycles. The average Bonchev–Trinajstić information content (AvgIpc) is 2.68. The molecule has 0 amide bonds. The fourth-order valence-corrected chi connectivity index (χ4v) is 3.28. The Balaban J connectivity index is 1.54. The monoisotopic (exact) mass is 411 g/mol. The standard InChI is InChI=1S/C19H20F3N3O2S/c1-26-17-5-3-2-4-16(17)24-10-12-25(13-11-24)18(28)23-14-6-8-15(9-7-14)27-19(20,21)22/h2-9H,10-13H2,1H3,(H,23,28). The summed E-state index contributed by atoms with van der Waals surface area (Å²) >= 11 is 5.44. The Hall–Kier alpha value is -2.68. The van der Waals surface area contributed by atoms with Gasteiger partial charge >= 0.3 is 6.36 Å². The van der Waals surface area contributed by atoms with E-state index < -0.39 is 6.36 Å². The van der Waals surface area contributed by atoms with Crippen LogP contribution >= 0.6 is 12.2 Å². The highest BCUT2D eigenvalue weighted by molar-refractivity contribution is 7.80. The quantitative estimate of drug-likeness (QED) is 0.764. The first-order valence-electron chi connectivity index (χ1n) is 8.65. The first-order valence-corrected chi connectivity index (χ1v) is 9.06. The number of anilines is 2. The van der Waals surface area contributed by atoms with E-state index in [-0.39, 0.29) is 5.75 Å². The van der Waals surface area contributed by atoms with Crippen LogP contribution in [-0.2, 0) is 0 Å². The highest BCUT2D eigenvalue weighted by Gasteiger charge is 2.31. The minimum atomic E-state index is -4.70. The zero-order chi connectivity index (χ0) is 20.1. The Morgan fingerprint density at radius 1 is 1.00 bits per heavy atom. The van der Waals surface area contributed by atoms with E-state index in [1.807, 2.05) is 29.2 Å². The molecule has 3 rings (SSSR count). The zero-order valence-electron chi connectivity index (χ0n) is 15.2. The molecular formula is C19H20F3N3O2S. The van der Waals surface area contributed by atoms with Crippen molar-refractivity contribution >= 4 is 28.7 Å². The van der Waals surface area contributed by atoms with Crippen molar-refractivity contribution in [2.75, 3.05) is 43.5 Å². The number of nitrogens with zero attached hydrogens (tertiary/aromatic N) is 2. The summed E-state index contributed by atoms with van der Waals surface area (Å²) in [7, 11) is 1.65. The van der Waals surface area contributed by atoms with Gasteiger partial charge in [-0.1, -0.05) is 12.1 Å². The van der Waals surface area contributed by atoms with Crippen LogP contribution < -0.4 is 19.7 Å². The summed E-state index contributed by atoms with van der Waals surface area (Å²) < 4.78 is 45.9. The number of thiocarbonyl (C=S) groups is 1. The first kappa shape index (κ1) is 20.1. The summed E-state index contributed by atoms with van der Waals surface area (Å²) in [6.45, 7) is 3.00. The third-order valence-corrected chi connectivity index (χ3v) is 4.69. The largest absolute Gasteiger partial charge is 0.573 e. The summed E-state index contributed by atoms with van der Waals surface area (Å²) in [5, 5.41) is 3.59. The van der Waals surface area contributed by atoms with Gasteiger partial charge in [-0.15, -0.1) is 13.2 Å². The Bertz CT molecular complexity index is 807. The first-order chi connectivity index (χ1) is 13.4. The molecular weight excluding hydrogens is 391 g/mol. The molecule has 2 aromatic rings. The maximum Gasteiger partial charge on any atom is 0.573 e. The van der Waals surface area contributed by atoms with Gasteiger partial charge in [0.15, 0.2) is 5.11 Å². The van der Waals surface area contributed by atoms with Gasteiger partial charge in [0.05, 0.1) is 12.8 Å². The highest BCUT2D eigenvalue weighted by atomic mass is 32.1. The lowest BCUT2D eigenvalue weighted by atomic mass is 10.2. The number of para-hydroxylation sites is 2. The van der Waals surface area contributed by atoms with Gasteiger partial charge in [-0.25, -0.2) is 0 Å². The molecule has 5 nitrogen and oxygen atoms in total. The van der Waals surface area contributed by atoms with Crippen molar-refractivity contribution in [3.8, 4) is 11.5 Å². The van der Waals surface area contributed by atoms with E-state index in [0.717, 1.165) is 37.6 Å². The maximum absolute atomic E-state index is 12.2. The zero-order valence-corrected chi connectivity index (χ0v) is 16.0. The number of benzene rings is 2. The molecule has 0 aliphatic carbocycles. The van der Waals surface area contributed by atoms with Crippen LogP contribution in [0.25, 0.3) is 0 Å². The second-order valence-corrected chi connectivity index (χ2v) is 6.53. The Labute approximate surface area is 166 Å². The van der Waals surface area contributed by atoms with Crippen LogP contribution in [0.5, 0.6) is 11.5 Å². The lowest BCUT2D eigenvalue weighted by molar-refractivity contribution is -0.274. The SMILES string of the molecule is COc1ccccc1N1CCN(C(=S)Nc2ccc(OC(F)(F)F)cc2)CC1. The predicted octanol–water partition coefficient (Wildman–Crippen LogP) is 4.11. The molecule has 1 aliphatic heterocycles. The lowest BCUT2D eigenvalue weighted by Crippen LogP contribution is -2.50. The second-order valence-electron chi connectivity index (χ2n) is 6.15. The van der Waals surface area contributed by atoms with Crippen LogP contribution in [0.1, 0.15) is 0 Å². The van der Waals surface area contributed by atoms with Gasteiger partial charge in [-0.3, -0.25) is 0 Å². The number of ether oxygens (including phenoxy) is 2. The minimum absolute atomic E-state index is 0.269. The van der Waals surface area contributed by atoms with E-state index in [1.54, 1.807) is 7.11 Å². The smallest absolute Gasteiger partial charge is 0.495 e. The van der Waals surface area contributed by atoms with Crippen molar-refractivity contribution in [1.29, 1.82) is 0 Å². The molecule has 28 heavy (non-hydrogen) atoms. The predicted molar refractivity (Wildman–Crippen MR) is 106 cm³/mol. The van der Waals surface area contributed by atoms with Gasteiger partial charge in [0.2, 0.25) is 0 Å². The normalized spacial score (nSPS) is 14.6. The van der Waals surface area contributed by atoms with Gasteiger partial charge in [0, 0.05) is 31.9 Å². The Morgan fingerprint density at radius 3 is 2.25 bits per heavy atom. The van der Waals surface area contributed by atoms with Gasteiger partial charge in [-0.2, -0.15) is 0 Å². The second kappa shape index (κ2) is 8.55. The molecule has 1 N–H and O–H groups in total. The fourth-order valence-electron chi connectivity index (χ4n) is 2.98. The van der Waals surface area contributed by atoms with E-state index in [4.69, 9.17) is 17.0 Å². The molecule has 0 bridgehead atoms. The van der Waals surface area contributed by atoms with Crippen molar-refractivity contribution in [1.82, 2.24) is 4.90 Å². The fraction of sp³-hybridized carbons (Fsp3) is 0.316. The molecule has 0 aromatic heterocycles. The number of nitrogens with one attached hydrogen (secondary N) is 1. The summed E-state index contributed by atoms with van der Waals surface area (Å²) in [5.74, 6) is 0.562. The molecule has 0 atom stereocenters. The van der Waals surface area contributed by atoms with E-state index in [2.05, 4.69) is 15.0 Å². The molecule has 2 aromatic carbocycles. The van der Waals surface area contributed by atoms with Crippen molar-refractivity contribution in [3.05, 3.63) is 48.5 Å². The minimum Gasteiger partial charge on any atom is -0.495 e. The number of rotatable bonds is 4. The van der Waals surface area contributed by atoms with Crippen molar-refractivity contribution in [2.45, 2.75) is 6.36 Å². The third-order valence-electron chi connectivity index (χ3n) is 4.33. The number of alkyl halides is 3. The highest BCUT2D eigenvalue weighted by Crippen LogP contribution is 2.28. The van der Waals surface area contributed by atoms with E-state index in [1.165, 1.54) is 24.3 Å². The molecule has 1 heterocycles. The van der Waals surface area contributed by atoms with Crippen LogP contribution in [-0.4, -0.2) is 49.7 Å². The van der Waals surface area contributed by atoms with E-state index >= 15 is 0 Å². The Kier molecular flexibility index (Phi) is 6.13. The van der Waals surface area contributed by atoms with E-state index in [9.17, 15) is 13.2 Å². The molecule has 1 fully saturated rings. The molecule has 150 valence electrons. The van der Waals surface area contributed by atoms with Crippen molar-refractivity contribution in [3.63, 3.8) is 0 Å². The average molecular weight is 411 g/mol. The molecule has 0 unspecified atom stereocenters. The van der Waals surface area contributed by atoms with Gasteiger partial charge in [0.1, 0.15) is 11.5 Å². The van der Waals surface area contributed by atoms with Crippen LogP contribution in [0.3, 0.4) is 0 Å². The number of methoxy groups -OCH3 is 1. The van der Waals surface area contributed by atoms with Gasteiger partial charge < -0.3 is 24.6 Å². The van der Waals surface area contributed by atoms with Crippen LogP contribution in [0, 0.1) is 0 Å². The lowest BCUT2D eigenvalue weighted by Gasteiger charge is -2.37. The summed E-state index contributed by atoms with van der Waals surface area (Å²) in [4.78, 5) is 4.27. The van der Waals surface area contributed by atoms with Gasteiger partial charge in [0.25, 0.3) is 0 Å². The number of hydrogen-bond acceptors (Lipinski definition) is 4. The van der Waals surface area contributed by atoms with E-state index in [0.29, 0.717) is 10.8 Å². The summed E-state index contributed by atoms with van der Waals surface area (Å²) in [6, 6.07) is 13.4. The molecule has 0 spiro atoms. The van der Waals surface area contributed by atoms with Crippen LogP contribution in [0.4, 0.5) is 24.5 Å². The molecule has 0 radical (unpaired) electrons. The number of piperazine rings is 1.